The molecule has 0 fully saturated rings. The standard InChI is InChI=1S/C23H20ClN3O2S2/c1-15(21(28)25-12-11-18-8-5-13-30-18)31-23-26-20-10-3-2-9-19(20)22(29)27(23)17-7-4-6-16(24)14-17/h2-10,13-15H,11-12H2,1H3,(H,25,28). The van der Waals surface area contributed by atoms with E-state index in [4.69, 9.17) is 11.6 Å². The highest BCUT2D eigenvalue weighted by Crippen LogP contribution is 2.26. The Morgan fingerprint density at radius 1 is 1.19 bits per heavy atom. The molecule has 4 rings (SSSR count). The number of hydrogen-bond donors (Lipinski definition) is 1. The number of nitrogens with one attached hydrogen (secondary N) is 1. The van der Waals surface area contributed by atoms with Crippen molar-refractivity contribution in [3.63, 3.8) is 0 Å². The summed E-state index contributed by atoms with van der Waals surface area (Å²) in [5.74, 6) is -0.0957. The lowest BCUT2D eigenvalue weighted by molar-refractivity contribution is -0.120. The maximum absolute atomic E-state index is 13.3. The van der Waals surface area contributed by atoms with Gasteiger partial charge in [0, 0.05) is 16.4 Å². The third-order valence-corrected chi connectivity index (χ3v) is 6.94. The Labute approximate surface area is 193 Å². The molecule has 0 aliphatic rings. The average molecular weight is 470 g/mol. The summed E-state index contributed by atoms with van der Waals surface area (Å²) in [5.41, 5.74) is 1.02. The molecule has 0 saturated carbocycles. The lowest BCUT2D eigenvalue weighted by atomic mass is 10.2. The molecule has 1 amide bonds. The van der Waals surface area contributed by atoms with Crippen molar-refractivity contribution in [1.29, 1.82) is 0 Å². The molecule has 0 aliphatic heterocycles. The fraction of sp³-hybridized carbons (Fsp3) is 0.174. The lowest BCUT2D eigenvalue weighted by Gasteiger charge is -2.16. The van der Waals surface area contributed by atoms with Crippen LogP contribution in [0.4, 0.5) is 0 Å². The van der Waals surface area contributed by atoms with Gasteiger partial charge in [-0.3, -0.25) is 14.2 Å². The summed E-state index contributed by atoms with van der Waals surface area (Å²) in [5, 5.41) is 6.05. The molecule has 0 saturated heterocycles. The molecule has 0 spiro atoms. The number of carbonyl (C=O) groups excluding carboxylic acids is 1. The fourth-order valence-corrected chi connectivity index (χ4v) is 5.00. The van der Waals surface area contributed by atoms with Crippen molar-refractivity contribution in [2.24, 2.45) is 0 Å². The van der Waals surface area contributed by atoms with Crippen LogP contribution in [0.25, 0.3) is 16.6 Å². The summed E-state index contributed by atoms with van der Waals surface area (Å²) in [4.78, 5) is 31.9. The van der Waals surface area contributed by atoms with Crippen molar-refractivity contribution in [3.05, 3.63) is 86.3 Å². The van der Waals surface area contributed by atoms with E-state index in [9.17, 15) is 9.59 Å². The minimum absolute atomic E-state index is 0.0957. The third kappa shape index (κ3) is 5.01. The van der Waals surface area contributed by atoms with Gasteiger partial charge in [-0.25, -0.2) is 4.98 Å². The summed E-state index contributed by atoms with van der Waals surface area (Å²) < 4.78 is 1.52. The largest absolute Gasteiger partial charge is 0.355 e. The van der Waals surface area contributed by atoms with Crippen molar-refractivity contribution in [1.82, 2.24) is 14.9 Å². The van der Waals surface area contributed by atoms with Gasteiger partial charge >= 0.3 is 0 Å². The quantitative estimate of drug-likeness (QED) is 0.307. The number of aromatic nitrogens is 2. The van der Waals surface area contributed by atoms with Gasteiger partial charge in [-0.15, -0.1) is 11.3 Å². The van der Waals surface area contributed by atoms with Crippen LogP contribution in [-0.4, -0.2) is 27.3 Å². The van der Waals surface area contributed by atoms with Crippen molar-refractivity contribution in [2.45, 2.75) is 23.8 Å². The summed E-state index contributed by atoms with van der Waals surface area (Å²) in [6.45, 7) is 2.38. The Kier molecular flexibility index (Phi) is 6.75. The predicted molar refractivity (Wildman–Crippen MR) is 129 cm³/mol. The van der Waals surface area contributed by atoms with Crippen LogP contribution in [0.2, 0.25) is 5.02 Å². The minimum Gasteiger partial charge on any atom is -0.355 e. The first-order valence-corrected chi connectivity index (χ1v) is 11.9. The Morgan fingerprint density at radius 2 is 2.03 bits per heavy atom. The second-order valence-electron chi connectivity index (χ2n) is 6.91. The van der Waals surface area contributed by atoms with Crippen LogP contribution < -0.4 is 10.9 Å². The minimum atomic E-state index is -0.429. The zero-order chi connectivity index (χ0) is 21.8. The monoisotopic (exact) mass is 469 g/mol. The van der Waals surface area contributed by atoms with Crippen LogP contribution in [0, 0.1) is 0 Å². The Hall–Kier alpha value is -2.61. The van der Waals surface area contributed by atoms with Gasteiger partial charge in [-0.2, -0.15) is 0 Å². The van der Waals surface area contributed by atoms with E-state index in [1.54, 1.807) is 47.7 Å². The van der Waals surface area contributed by atoms with Crippen molar-refractivity contribution < 1.29 is 4.79 Å². The van der Waals surface area contributed by atoms with Crippen molar-refractivity contribution >= 4 is 51.5 Å². The second kappa shape index (κ2) is 9.68. The van der Waals surface area contributed by atoms with Crippen LogP contribution in [0.5, 0.6) is 0 Å². The van der Waals surface area contributed by atoms with Crippen molar-refractivity contribution in [3.8, 4) is 5.69 Å². The number of hydrogen-bond acceptors (Lipinski definition) is 5. The number of para-hydroxylation sites is 1. The normalized spacial score (nSPS) is 12.1. The molecule has 8 heteroatoms. The van der Waals surface area contributed by atoms with Crippen LogP contribution in [-0.2, 0) is 11.2 Å². The number of halogens is 1. The maximum Gasteiger partial charge on any atom is 0.266 e. The number of fused-ring (bicyclic) bond motifs is 1. The van der Waals surface area contributed by atoms with E-state index in [0.29, 0.717) is 33.3 Å². The molecule has 5 nitrogen and oxygen atoms in total. The molecule has 2 aromatic heterocycles. The fourth-order valence-electron chi connectivity index (χ4n) is 3.15. The van der Waals surface area contributed by atoms with Gasteiger partial charge in [0.15, 0.2) is 5.16 Å². The second-order valence-corrected chi connectivity index (χ2v) is 9.69. The molecule has 4 aromatic rings. The zero-order valence-electron chi connectivity index (χ0n) is 16.7. The number of benzene rings is 2. The van der Waals surface area contributed by atoms with E-state index in [1.807, 2.05) is 30.5 Å². The summed E-state index contributed by atoms with van der Waals surface area (Å²) in [6, 6.07) is 18.3. The van der Waals surface area contributed by atoms with E-state index in [0.717, 1.165) is 6.42 Å². The molecule has 31 heavy (non-hydrogen) atoms. The Bertz CT molecular complexity index is 1270. The summed E-state index contributed by atoms with van der Waals surface area (Å²) >= 11 is 9.10. The first kappa shape index (κ1) is 21.6. The van der Waals surface area contributed by atoms with Gasteiger partial charge in [0.2, 0.25) is 5.91 Å². The number of carbonyl (C=O) groups is 1. The highest BCUT2D eigenvalue weighted by molar-refractivity contribution is 8.00. The van der Waals surface area contributed by atoms with E-state index in [-0.39, 0.29) is 11.5 Å². The van der Waals surface area contributed by atoms with E-state index in [2.05, 4.69) is 16.4 Å². The zero-order valence-corrected chi connectivity index (χ0v) is 19.1. The topological polar surface area (TPSA) is 64.0 Å². The molecule has 2 heterocycles. The SMILES string of the molecule is CC(Sc1nc2ccccc2c(=O)n1-c1cccc(Cl)c1)C(=O)NCCc1cccs1. The smallest absolute Gasteiger partial charge is 0.266 e. The van der Waals surface area contributed by atoms with E-state index in [1.165, 1.54) is 21.2 Å². The predicted octanol–water partition coefficient (Wildman–Crippen LogP) is 4.94. The molecule has 1 N–H and O–H groups in total. The Morgan fingerprint density at radius 3 is 2.81 bits per heavy atom. The van der Waals surface area contributed by atoms with Crippen LogP contribution >= 0.6 is 34.7 Å². The number of thioether (sulfide) groups is 1. The average Bonchev–Trinajstić information content (AvgIpc) is 3.27. The molecule has 2 aromatic carbocycles. The highest BCUT2D eigenvalue weighted by atomic mass is 35.5. The molecule has 1 unspecified atom stereocenters. The van der Waals surface area contributed by atoms with Crippen molar-refractivity contribution in [2.75, 3.05) is 6.54 Å². The first-order chi connectivity index (χ1) is 15.0. The molecule has 1 atom stereocenters. The maximum atomic E-state index is 13.3. The molecule has 158 valence electrons. The summed E-state index contributed by atoms with van der Waals surface area (Å²) in [7, 11) is 0. The number of amides is 1. The van der Waals surface area contributed by atoms with Gasteiger partial charge < -0.3 is 5.32 Å². The lowest BCUT2D eigenvalue weighted by Crippen LogP contribution is -2.33. The van der Waals surface area contributed by atoms with E-state index >= 15 is 0 Å². The molecule has 0 radical (unpaired) electrons. The number of thiophene rings is 1. The third-order valence-electron chi connectivity index (χ3n) is 4.71. The first-order valence-electron chi connectivity index (χ1n) is 9.77. The van der Waals surface area contributed by atoms with E-state index < -0.39 is 5.25 Å². The van der Waals surface area contributed by atoms with Gasteiger partial charge in [-0.05, 0) is 55.1 Å². The number of nitrogens with zero attached hydrogens (tertiary/aromatic N) is 2. The van der Waals surface area contributed by atoms with Crippen LogP contribution in [0.15, 0.2) is 76.0 Å². The van der Waals surface area contributed by atoms with Crippen LogP contribution in [0.3, 0.4) is 0 Å². The van der Waals surface area contributed by atoms with Gasteiger partial charge in [-0.1, -0.05) is 47.6 Å². The number of rotatable bonds is 7. The molecular formula is C23H20ClN3O2S2. The molecule has 0 bridgehead atoms. The summed E-state index contributed by atoms with van der Waals surface area (Å²) in [6.07, 6.45) is 0.794. The Balaban J connectivity index is 1.62. The highest BCUT2D eigenvalue weighted by Gasteiger charge is 2.20. The van der Waals surface area contributed by atoms with Crippen LogP contribution in [0.1, 0.15) is 11.8 Å². The van der Waals surface area contributed by atoms with Gasteiger partial charge in [0.05, 0.1) is 21.8 Å². The molecule has 0 aliphatic carbocycles. The van der Waals surface area contributed by atoms with Gasteiger partial charge in [0.1, 0.15) is 0 Å². The molecular weight excluding hydrogens is 450 g/mol. The van der Waals surface area contributed by atoms with Gasteiger partial charge in [0.25, 0.3) is 5.56 Å².